The van der Waals surface area contributed by atoms with Crippen molar-refractivity contribution in [3.63, 3.8) is 0 Å². The summed E-state index contributed by atoms with van der Waals surface area (Å²) < 4.78 is 11.8. The minimum atomic E-state index is -0.137. The third-order valence-electron chi connectivity index (χ3n) is 5.82. The number of aromatic nitrogens is 1. The molecule has 0 radical (unpaired) electrons. The van der Waals surface area contributed by atoms with Crippen molar-refractivity contribution < 1.29 is 14.3 Å². The molecular weight excluding hydrogens is 438 g/mol. The van der Waals surface area contributed by atoms with E-state index < -0.39 is 0 Å². The molecule has 0 saturated carbocycles. The first-order chi connectivity index (χ1) is 16.1. The number of piperazine rings is 1. The number of hydrogen-bond donors (Lipinski definition) is 0. The summed E-state index contributed by atoms with van der Waals surface area (Å²) in [5.74, 6) is 0.857. The molecule has 1 amide bonds. The Morgan fingerprint density at radius 3 is 2.52 bits per heavy atom. The van der Waals surface area contributed by atoms with E-state index in [1.165, 1.54) is 0 Å². The highest BCUT2D eigenvalue weighted by atomic mass is 35.5. The summed E-state index contributed by atoms with van der Waals surface area (Å²) in [5, 5.41) is 0.698. The highest BCUT2D eigenvalue weighted by Crippen LogP contribution is 2.25. The van der Waals surface area contributed by atoms with Crippen molar-refractivity contribution in [3.8, 4) is 5.75 Å². The summed E-state index contributed by atoms with van der Waals surface area (Å²) >= 11 is 6.14. The highest BCUT2D eigenvalue weighted by molar-refractivity contribution is 6.30. The van der Waals surface area contributed by atoms with Crippen LogP contribution in [0.4, 0.5) is 0 Å². The Balaban J connectivity index is 1.41. The third kappa shape index (κ3) is 6.32. The van der Waals surface area contributed by atoms with Crippen LogP contribution >= 0.6 is 11.6 Å². The number of hydrogen-bond acceptors (Lipinski definition) is 5. The van der Waals surface area contributed by atoms with Crippen LogP contribution in [0.15, 0.2) is 73.1 Å². The van der Waals surface area contributed by atoms with Gasteiger partial charge in [-0.25, -0.2) is 0 Å². The summed E-state index contributed by atoms with van der Waals surface area (Å²) in [6.45, 7) is 4.13. The van der Waals surface area contributed by atoms with E-state index in [1.54, 1.807) is 31.6 Å². The molecule has 172 valence electrons. The highest BCUT2D eigenvalue weighted by Gasteiger charge is 2.25. The standard InChI is InChI=1S/C26H28ClN3O3/c1-32-24-7-3-5-22(17-24)25(33-19-20-4-2-6-23(27)16-20)18-29-12-14-30(15-13-29)26(31)21-8-10-28-11-9-21/h2-11,16-17,25H,12-15,18-19H2,1H3. The number of halogens is 1. The smallest absolute Gasteiger partial charge is 0.254 e. The van der Waals surface area contributed by atoms with E-state index in [-0.39, 0.29) is 12.0 Å². The van der Waals surface area contributed by atoms with E-state index in [1.807, 2.05) is 47.4 Å². The van der Waals surface area contributed by atoms with Crippen molar-refractivity contribution >= 4 is 17.5 Å². The lowest BCUT2D eigenvalue weighted by molar-refractivity contribution is 0.00333. The maximum atomic E-state index is 12.7. The number of pyridine rings is 1. The van der Waals surface area contributed by atoms with E-state index in [0.717, 1.165) is 36.5 Å². The van der Waals surface area contributed by atoms with E-state index in [2.05, 4.69) is 16.0 Å². The fraction of sp³-hybridized carbons (Fsp3) is 0.308. The van der Waals surface area contributed by atoms with Crippen LogP contribution in [0.5, 0.6) is 5.75 Å². The fourth-order valence-corrected chi connectivity index (χ4v) is 4.18. The molecule has 1 saturated heterocycles. The Kier molecular flexibility index (Phi) is 7.94. The van der Waals surface area contributed by atoms with Gasteiger partial charge in [-0.2, -0.15) is 0 Å². The monoisotopic (exact) mass is 465 g/mol. The quantitative estimate of drug-likeness (QED) is 0.491. The second-order valence-electron chi connectivity index (χ2n) is 8.03. The van der Waals surface area contributed by atoms with Crippen LogP contribution in [0.25, 0.3) is 0 Å². The zero-order valence-corrected chi connectivity index (χ0v) is 19.4. The molecule has 1 atom stereocenters. The van der Waals surface area contributed by atoms with E-state index in [4.69, 9.17) is 21.1 Å². The van der Waals surface area contributed by atoms with Gasteiger partial charge in [0.05, 0.1) is 19.8 Å². The van der Waals surface area contributed by atoms with Crippen molar-refractivity contribution in [2.45, 2.75) is 12.7 Å². The molecule has 0 bridgehead atoms. The molecule has 2 aromatic carbocycles. The maximum absolute atomic E-state index is 12.7. The van der Waals surface area contributed by atoms with Crippen LogP contribution in [0, 0.1) is 0 Å². The van der Waals surface area contributed by atoms with Gasteiger partial charge in [0.25, 0.3) is 5.91 Å². The van der Waals surface area contributed by atoms with Crippen LogP contribution < -0.4 is 4.74 Å². The Morgan fingerprint density at radius 1 is 1.03 bits per heavy atom. The van der Waals surface area contributed by atoms with Crippen LogP contribution in [0.1, 0.15) is 27.6 Å². The van der Waals surface area contributed by atoms with Crippen LogP contribution in [-0.2, 0) is 11.3 Å². The Morgan fingerprint density at radius 2 is 1.79 bits per heavy atom. The molecule has 3 aromatic rings. The molecule has 1 unspecified atom stereocenters. The minimum absolute atomic E-state index is 0.0543. The van der Waals surface area contributed by atoms with Gasteiger partial charge in [-0.1, -0.05) is 35.9 Å². The first-order valence-electron chi connectivity index (χ1n) is 11.0. The zero-order valence-electron chi connectivity index (χ0n) is 18.7. The lowest BCUT2D eigenvalue weighted by atomic mass is 10.1. The van der Waals surface area contributed by atoms with Crippen LogP contribution in [0.2, 0.25) is 5.02 Å². The van der Waals surface area contributed by atoms with Gasteiger partial charge in [0.15, 0.2) is 0 Å². The summed E-state index contributed by atoms with van der Waals surface area (Å²) in [6, 6.07) is 19.2. The number of carbonyl (C=O) groups is 1. The van der Waals surface area contributed by atoms with Gasteiger partial charge in [-0.15, -0.1) is 0 Å². The van der Waals surface area contributed by atoms with Crippen molar-refractivity contribution in [2.24, 2.45) is 0 Å². The second-order valence-corrected chi connectivity index (χ2v) is 8.47. The van der Waals surface area contributed by atoms with Gasteiger partial charge in [0.2, 0.25) is 0 Å². The van der Waals surface area contributed by atoms with E-state index in [0.29, 0.717) is 30.3 Å². The predicted octanol–water partition coefficient (Wildman–Crippen LogP) is 4.46. The van der Waals surface area contributed by atoms with E-state index >= 15 is 0 Å². The van der Waals surface area contributed by atoms with Crippen LogP contribution in [0.3, 0.4) is 0 Å². The van der Waals surface area contributed by atoms with Gasteiger partial charge < -0.3 is 14.4 Å². The molecule has 6 nitrogen and oxygen atoms in total. The van der Waals surface area contributed by atoms with Gasteiger partial charge in [-0.05, 0) is 47.5 Å². The molecule has 33 heavy (non-hydrogen) atoms. The maximum Gasteiger partial charge on any atom is 0.254 e. The summed E-state index contributed by atoms with van der Waals surface area (Å²) in [5.41, 5.74) is 2.77. The van der Waals surface area contributed by atoms with Gasteiger partial charge in [0.1, 0.15) is 5.75 Å². The first-order valence-corrected chi connectivity index (χ1v) is 11.4. The van der Waals surface area contributed by atoms with Crippen molar-refractivity contribution in [3.05, 3.63) is 94.8 Å². The predicted molar refractivity (Wildman–Crippen MR) is 129 cm³/mol. The average Bonchev–Trinajstić information content (AvgIpc) is 2.87. The number of methoxy groups -OCH3 is 1. The average molecular weight is 466 g/mol. The SMILES string of the molecule is COc1cccc(C(CN2CCN(C(=O)c3ccncc3)CC2)OCc2cccc(Cl)c2)c1. The Hall–Kier alpha value is -2.93. The largest absolute Gasteiger partial charge is 0.497 e. The molecule has 7 heteroatoms. The van der Waals surface area contributed by atoms with Crippen LogP contribution in [-0.4, -0.2) is 60.5 Å². The van der Waals surface area contributed by atoms with Gasteiger partial charge in [-0.3, -0.25) is 14.7 Å². The topological polar surface area (TPSA) is 54.9 Å². The Labute approximate surface area is 199 Å². The van der Waals surface area contributed by atoms with Crippen molar-refractivity contribution in [1.29, 1.82) is 0 Å². The van der Waals surface area contributed by atoms with Crippen molar-refractivity contribution in [1.82, 2.24) is 14.8 Å². The molecule has 0 spiro atoms. The summed E-state index contributed by atoms with van der Waals surface area (Å²) in [4.78, 5) is 21.0. The third-order valence-corrected chi connectivity index (χ3v) is 6.05. The molecule has 2 heterocycles. The molecule has 0 aliphatic carbocycles. The van der Waals surface area contributed by atoms with E-state index in [9.17, 15) is 4.79 Å². The summed E-state index contributed by atoms with van der Waals surface area (Å²) in [6.07, 6.45) is 3.17. The molecule has 1 aromatic heterocycles. The number of benzene rings is 2. The lowest BCUT2D eigenvalue weighted by Crippen LogP contribution is -2.49. The number of ether oxygens (including phenoxy) is 2. The summed E-state index contributed by atoms with van der Waals surface area (Å²) in [7, 11) is 1.67. The number of amides is 1. The molecule has 4 rings (SSSR count). The Bertz CT molecular complexity index is 1060. The molecule has 0 N–H and O–H groups in total. The number of rotatable bonds is 8. The van der Waals surface area contributed by atoms with Gasteiger partial charge >= 0.3 is 0 Å². The molecule has 1 aliphatic heterocycles. The molecular formula is C26H28ClN3O3. The second kappa shape index (κ2) is 11.3. The first kappa shape index (κ1) is 23.2. The fourth-order valence-electron chi connectivity index (χ4n) is 3.96. The normalized spacial score (nSPS) is 15.3. The number of nitrogens with zero attached hydrogens (tertiary/aromatic N) is 3. The lowest BCUT2D eigenvalue weighted by Gasteiger charge is -2.36. The zero-order chi connectivity index (χ0) is 23.0. The molecule has 1 fully saturated rings. The minimum Gasteiger partial charge on any atom is -0.497 e. The van der Waals surface area contributed by atoms with Gasteiger partial charge in [0, 0.05) is 55.7 Å². The van der Waals surface area contributed by atoms with Crippen molar-refractivity contribution in [2.75, 3.05) is 39.8 Å². The molecule has 1 aliphatic rings. The number of carbonyl (C=O) groups excluding carboxylic acids is 1.